The Hall–Kier alpha value is -4.11. The first-order valence-electron chi connectivity index (χ1n) is 11.6. The summed E-state index contributed by atoms with van der Waals surface area (Å²) in [5, 5.41) is 8.37. The van der Waals surface area contributed by atoms with E-state index in [0.29, 0.717) is 55.3 Å². The fourth-order valence-electron chi connectivity index (χ4n) is 3.84. The van der Waals surface area contributed by atoms with Gasteiger partial charge in [0.05, 0.1) is 31.7 Å². The summed E-state index contributed by atoms with van der Waals surface area (Å²) in [5.74, 6) is 0.0619. The molecule has 1 saturated heterocycles. The topological polar surface area (TPSA) is 91.9 Å². The summed E-state index contributed by atoms with van der Waals surface area (Å²) in [6.07, 6.45) is 0. The molecule has 4 rings (SSSR count). The molecule has 1 fully saturated rings. The van der Waals surface area contributed by atoms with E-state index in [0.717, 1.165) is 17.0 Å². The summed E-state index contributed by atoms with van der Waals surface area (Å²) >= 11 is 0. The molecule has 3 N–H and O–H groups in total. The molecule has 188 valence electrons. The number of rotatable bonds is 7. The molecule has 0 spiro atoms. The third kappa shape index (κ3) is 6.31. The summed E-state index contributed by atoms with van der Waals surface area (Å²) in [7, 11) is 1.60. The molecule has 1 aliphatic rings. The molecule has 3 aromatic rings. The van der Waals surface area contributed by atoms with Crippen molar-refractivity contribution in [2.24, 2.45) is 0 Å². The Morgan fingerprint density at radius 1 is 1.00 bits per heavy atom. The summed E-state index contributed by atoms with van der Waals surface area (Å²) < 4.78 is 24.5. The average Bonchev–Trinajstić information content (AvgIpc) is 2.90. The molecule has 0 radical (unpaired) electrons. The molecule has 0 saturated carbocycles. The van der Waals surface area contributed by atoms with Crippen molar-refractivity contribution >= 4 is 29.0 Å². The van der Waals surface area contributed by atoms with Crippen LogP contribution in [0.2, 0.25) is 0 Å². The van der Waals surface area contributed by atoms with Crippen LogP contribution < -0.4 is 25.6 Å². The highest BCUT2D eigenvalue weighted by atomic mass is 19.1. The number of morpholine rings is 1. The van der Waals surface area contributed by atoms with Gasteiger partial charge >= 0.3 is 6.03 Å². The quantitative estimate of drug-likeness (QED) is 0.450. The third-order valence-corrected chi connectivity index (χ3v) is 5.90. The number of methoxy groups -OCH3 is 1. The minimum Gasteiger partial charge on any atom is -0.497 e. The largest absolute Gasteiger partial charge is 0.497 e. The predicted octanol–water partition coefficient (Wildman–Crippen LogP) is 4.55. The molecule has 9 heteroatoms. The Labute approximate surface area is 209 Å². The number of carbonyl (C=O) groups is 2. The SMILES string of the molecule is COc1ccc(CNC(=O)c2ccc(N3CCOCC3)c(NC(=O)Nc3ccc(C)c(F)c3)c2)cc1. The van der Waals surface area contributed by atoms with Gasteiger partial charge in [0.25, 0.3) is 5.91 Å². The van der Waals surface area contributed by atoms with Crippen molar-refractivity contribution in [3.05, 3.63) is 83.2 Å². The lowest BCUT2D eigenvalue weighted by Crippen LogP contribution is -2.37. The normalized spacial score (nSPS) is 13.1. The van der Waals surface area contributed by atoms with Crippen LogP contribution in [0, 0.1) is 12.7 Å². The molecular weight excluding hydrogens is 463 g/mol. The van der Waals surface area contributed by atoms with Crippen molar-refractivity contribution in [2.75, 3.05) is 48.9 Å². The number of carbonyl (C=O) groups excluding carboxylic acids is 2. The van der Waals surface area contributed by atoms with Crippen molar-refractivity contribution in [3.8, 4) is 5.75 Å². The van der Waals surface area contributed by atoms with Crippen LogP contribution in [0.5, 0.6) is 5.75 Å². The van der Waals surface area contributed by atoms with Crippen molar-refractivity contribution in [3.63, 3.8) is 0 Å². The van der Waals surface area contributed by atoms with E-state index in [1.54, 1.807) is 38.3 Å². The molecule has 0 aromatic heterocycles. The molecule has 3 aromatic carbocycles. The zero-order chi connectivity index (χ0) is 25.5. The van der Waals surface area contributed by atoms with Gasteiger partial charge in [-0.1, -0.05) is 18.2 Å². The lowest BCUT2D eigenvalue weighted by molar-refractivity contribution is 0.0951. The highest BCUT2D eigenvalue weighted by molar-refractivity contribution is 6.04. The van der Waals surface area contributed by atoms with Crippen LogP contribution in [-0.4, -0.2) is 45.4 Å². The highest BCUT2D eigenvalue weighted by Gasteiger charge is 2.19. The van der Waals surface area contributed by atoms with E-state index in [2.05, 4.69) is 20.9 Å². The van der Waals surface area contributed by atoms with E-state index in [1.807, 2.05) is 30.3 Å². The molecule has 0 aliphatic carbocycles. The number of halogens is 1. The van der Waals surface area contributed by atoms with E-state index >= 15 is 0 Å². The molecule has 3 amide bonds. The van der Waals surface area contributed by atoms with Gasteiger partial charge in [0.15, 0.2) is 0 Å². The number of benzene rings is 3. The van der Waals surface area contributed by atoms with Crippen LogP contribution in [0.1, 0.15) is 21.5 Å². The van der Waals surface area contributed by atoms with E-state index in [4.69, 9.17) is 9.47 Å². The summed E-state index contributed by atoms with van der Waals surface area (Å²) in [6.45, 7) is 4.44. The van der Waals surface area contributed by atoms with Crippen LogP contribution >= 0.6 is 0 Å². The summed E-state index contributed by atoms with van der Waals surface area (Å²) in [6, 6.07) is 16.6. The number of anilines is 3. The second-order valence-electron chi connectivity index (χ2n) is 8.41. The second kappa shape index (κ2) is 11.5. The third-order valence-electron chi connectivity index (χ3n) is 5.90. The van der Waals surface area contributed by atoms with Gasteiger partial charge in [-0.25, -0.2) is 9.18 Å². The van der Waals surface area contributed by atoms with Crippen LogP contribution in [-0.2, 0) is 11.3 Å². The molecular formula is C27H29FN4O4. The number of hydrogen-bond donors (Lipinski definition) is 3. The van der Waals surface area contributed by atoms with E-state index < -0.39 is 11.8 Å². The first-order chi connectivity index (χ1) is 17.4. The zero-order valence-corrected chi connectivity index (χ0v) is 20.3. The number of hydrogen-bond acceptors (Lipinski definition) is 5. The van der Waals surface area contributed by atoms with Gasteiger partial charge in [-0.15, -0.1) is 0 Å². The van der Waals surface area contributed by atoms with Crippen molar-refractivity contribution in [1.82, 2.24) is 5.32 Å². The molecule has 0 bridgehead atoms. The van der Waals surface area contributed by atoms with Gasteiger partial charge < -0.3 is 30.3 Å². The molecule has 0 unspecified atom stereocenters. The maximum Gasteiger partial charge on any atom is 0.323 e. The lowest BCUT2D eigenvalue weighted by atomic mass is 10.1. The van der Waals surface area contributed by atoms with Gasteiger partial charge in [0.2, 0.25) is 0 Å². The lowest BCUT2D eigenvalue weighted by Gasteiger charge is -2.30. The number of ether oxygens (including phenoxy) is 2. The van der Waals surface area contributed by atoms with Gasteiger partial charge in [-0.05, 0) is 60.5 Å². The Balaban J connectivity index is 1.50. The summed E-state index contributed by atoms with van der Waals surface area (Å²) in [5.41, 5.74) is 3.39. The molecule has 1 heterocycles. The van der Waals surface area contributed by atoms with Gasteiger partial charge in [0.1, 0.15) is 11.6 Å². The molecule has 1 aliphatic heterocycles. The monoisotopic (exact) mass is 492 g/mol. The number of amides is 3. The first-order valence-corrected chi connectivity index (χ1v) is 11.6. The Morgan fingerprint density at radius 3 is 2.44 bits per heavy atom. The first kappa shape index (κ1) is 25.0. The van der Waals surface area contributed by atoms with Crippen molar-refractivity contribution < 1.29 is 23.5 Å². The number of nitrogens with zero attached hydrogens (tertiary/aromatic N) is 1. The predicted molar refractivity (Wildman–Crippen MR) is 137 cm³/mol. The maximum atomic E-state index is 13.9. The van der Waals surface area contributed by atoms with Gasteiger partial charge in [-0.2, -0.15) is 0 Å². The zero-order valence-electron chi connectivity index (χ0n) is 20.3. The van der Waals surface area contributed by atoms with Crippen molar-refractivity contribution in [2.45, 2.75) is 13.5 Å². The Bertz CT molecular complexity index is 1230. The molecule has 36 heavy (non-hydrogen) atoms. The Kier molecular flexibility index (Phi) is 8.02. The average molecular weight is 493 g/mol. The van der Waals surface area contributed by atoms with Crippen LogP contribution in [0.4, 0.5) is 26.2 Å². The number of urea groups is 1. The summed E-state index contributed by atoms with van der Waals surface area (Å²) in [4.78, 5) is 27.7. The molecule has 8 nitrogen and oxygen atoms in total. The van der Waals surface area contributed by atoms with Crippen LogP contribution in [0.15, 0.2) is 60.7 Å². The Morgan fingerprint density at radius 2 is 1.75 bits per heavy atom. The van der Waals surface area contributed by atoms with Gasteiger partial charge in [0, 0.05) is 30.9 Å². The minimum absolute atomic E-state index is 0.275. The molecule has 0 atom stereocenters. The number of aryl methyl sites for hydroxylation is 1. The van der Waals surface area contributed by atoms with E-state index in [1.165, 1.54) is 6.07 Å². The van der Waals surface area contributed by atoms with Crippen LogP contribution in [0.25, 0.3) is 0 Å². The van der Waals surface area contributed by atoms with Crippen molar-refractivity contribution in [1.29, 1.82) is 0 Å². The fourth-order valence-corrected chi connectivity index (χ4v) is 3.84. The standard InChI is InChI=1S/C27H29FN4O4/c1-18-3-7-21(16-23(18)28)30-27(34)31-24-15-20(6-10-25(24)32-11-13-36-14-12-32)26(33)29-17-19-4-8-22(35-2)9-5-19/h3-10,15-16H,11-14,17H2,1-2H3,(H,29,33)(H2,30,31,34). The van der Waals surface area contributed by atoms with Crippen LogP contribution in [0.3, 0.4) is 0 Å². The highest BCUT2D eigenvalue weighted by Crippen LogP contribution is 2.29. The number of nitrogens with one attached hydrogen (secondary N) is 3. The minimum atomic E-state index is -0.538. The second-order valence-corrected chi connectivity index (χ2v) is 8.41. The smallest absolute Gasteiger partial charge is 0.323 e. The van der Waals surface area contributed by atoms with Gasteiger partial charge in [-0.3, -0.25) is 4.79 Å². The van der Waals surface area contributed by atoms with E-state index in [9.17, 15) is 14.0 Å². The van der Waals surface area contributed by atoms with E-state index in [-0.39, 0.29) is 5.91 Å². The maximum absolute atomic E-state index is 13.9. The fraction of sp³-hybridized carbons (Fsp3) is 0.259.